The van der Waals surface area contributed by atoms with Gasteiger partial charge in [0, 0.05) is 51.4 Å². The summed E-state index contributed by atoms with van der Waals surface area (Å²) in [7, 11) is 0. The van der Waals surface area contributed by atoms with Crippen LogP contribution in [0, 0.1) is 10.1 Å². The molecule has 2 bridgehead atoms. The van der Waals surface area contributed by atoms with Gasteiger partial charge in [0.15, 0.2) is 0 Å². The van der Waals surface area contributed by atoms with E-state index in [9.17, 15) is 20.0 Å². The zero-order valence-corrected chi connectivity index (χ0v) is 16.8. The number of nitro groups is 1. The second-order valence-electron chi connectivity index (χ2n) is 7.33. The third-order valence-corrected chi connectivity index (χ3v) is 5.17. The van der Waals surface area contributed by atoms with E-state index in [0.29, 0.717) is 39.0 Å². The molecule has 1 aromatic carbocycles. The number of fused-ring (bicyclic) bond motifs is 2. The minimum atomic E-state index is -0.873. The lowest BCUT2D eigenvalue weighted by Crippen LogP contribution is -2.45. The Kier molecular flexibility index (Phi) is 7.83. The minimum Gasteiger partial charge on any atom is -0.480 e. The van der Waals surface area contributed by atoms with Crippen molar-refractivity contribution < 1.29 is 14.8 Å². The lowest BCUT2D eigenvalue weighted by atomic mass is 10.0. The maximum absolute atomic E-state index is 12.1. The Morgan fingerprint density at radius 1 is 1.13 bits per heavy atom. The van der Waals surface area contributed by atoms with Gasteiger partial charge in [0.1, 0.15) is 6.04 Å². The molecule has 0 fully saturated rings. The zero-order chi connectivity index (χ0) is 21.3. The summed E-state index contributed by atoms with van der Waals surface area (Å²) in [4.78, 5) is 29.1. The van der Waals surface area contributed by atoms with E-state index in [1.54, 1.807) is 12.1 Å². The molecule has 3 N–H and O–H groups in total. The van der Waals surface area contributed by atoms with E-state index in [1.807, 2.05) is 23.1 Å². The van der Waals surface area contributed by atoms with E-state index in [4.69, 9.17) is 0 Å². The fourth-order valence-electron chi connectivity index (χ4n) is 3.56. The van der Waals surface area contributed by atoms with Gasteiger partial charge in [-0.05, 0) is 30.5 Å². The molecule has 1 atom stereocenters. The normalized spacial score (nSPS) is 16.8. The van der Waals surface area contributed by atoms with Gasteiger partial charge in [-0.15, -0.1) is 0 Å². The molecule has 3 rings (SSSR count). The van der Waals surface area contributed by atoms with E-state index in [0.717, 1.165) is 30.0 Å². The molecule has 0 radical (unpaired) electrons. The Morgan fingerprint density at radius 2 is 1.87 bits per heavy atom. The third kappa shape index (κ3) is 6.31. The van der Waals surface area contributed by atoms with Crippen molar-refractivity contribution in [1.29, 1.82) is 0 Å². The summed E-state index contributed by atoms with van der Waals surface area (Å²) < 4.78 is 0. The van der Waals surface area contributed by atoms with Crippen molar-refractivity contribution in [1.82, 2.24) is 20.5 Å². The Morgan fingerprint density at radius 3 is 2.60 bits per heavy atom. The number of nitro benzene ring substituents is 1. The number of hydrogen-bond donors (Lipinski definition) is 3. The van der Waals surface area contributed by atoms with Crippen molar-refractivity contribution in [2.24, 2.45) is 0 Å². The summed E-state index contributed by atoms with van der Waals surface area (Å²) in [5.41, 5.74) is 2.69. The fraction of sp³-hybridized carbons (Fsp3) is 0.429. The molecule has 2 heterocycles. The quantitative estimate of drug-likeness (QED) is 0.482. The van der Waals surface area contributed by atoms with Crippen LogP contribution in [0.4, 0.5) is 5.69 Å². The van der Waals surface area contributed by atoms with Crippen LogP contribution in [0.3, 0.4) is 0 Å². The van der Waals surface area contributed by atoms with E-state index in [2.05, 4.69) is 15.6 Å². The molecule has 0 aliphatic carbocycles. The molecule has 160 valence electrons. The number of rotatable bonds is 6. The SMILES string of the molecule is O=C(O)C(CCc1ccc([N+](=O)[O-])cc1)N1CCNCCNCc2cccc(n2)C1. The van der Waals surface area contributed by atoms with Crippen molar-refractivity contribution in [2.75, 3.05) is 26.2 Å². The molecule has 2 aromatic rings. The number of pyridine rings is 1. The topological polar surface area (TPSA) is 121 Å². The molecule has 30 heavy (non-hydrogen) atoms. The predicted octanol–water partition coefficient (Wildman–Crippen LogP) is 1.57. The highest BCUT2D eigenvalue weighted by Crippen LogP contribution is 2.17. The second kappa shape index (κ2) is 10.8. The highest BCUT2D eigenvalue weighted by Gasteiger charge is 2.26. The van der Waals surface area contributed by atoms with Gasteiger partial charge >= 0.3 is 5.97 Å². The monoisotopic (exact) mass is 413 g/mol. The summed E-state index contributed by atoms with van der Waals surface area (Å²) in [6.07, 6.45) is 0.935. The summed E-state index contributed by atoms with van der Waals surface area (Å²) in [5.74, 6) is -0.873. The maximum Gasteiger partial charge on any atom is 0.320 e. The van der Waals surface area contributed by atoms with Crippen LogP contribution < -0.4 is 10.6 Å². The minimum absolute atomic E-state index is 0.0307. The van der Waals surface area contributed by atoms with Gasteiger partial charge in [0.05, 0.1) is 16.3 Å². The van der Waals surface area contributed by atoms with Crippen LogP contribution >= 0.6 is 0 Å². The average Bonchev–Trinajstić information content (AvgIpc) is 2.72. The van der Waals surface area contributed by atoms with Crippen molar-refractivity contribution >= 4 is 11.7 Å². The summed E-state index contributed by atoms with van der Waals surface area (Å²) in [6, 6.07) is 11.4. The smallest absolute Gasteiger partial charge is 0.320 e. The summed E-state index contributed by atoms with van der Waals surface area (Å²) in [5, 5.41) is 27.4. The maximum atomic E-state index is 12.1. The molecule has 0 saturated heterocycles. The van der Waals surface area contributed by atoms with Crippen LogP contribution in [-0.2, 0) is 24.3 Å². The molecular formula is C21H27N5O4. The van der Waals surface area contributed by atoms with Crippen LogP contribution in [0.1, 0.15) is 23.4 Å². The number of carbonyl (C=O) groups is 1. The standard InChI is InChI=1S/C21H27N5O4/c27-21(28)20(9-6-16-4-7-19(8-5-16)26(29)30)25-13-12-22-10-11-23-14-17-2-1-3-18(15-25)24-17/h1-5,7-8,20,22-23H,6,9-15H2,(H,27,28). The summed E-state index contributed by atoms with van der Waals surface area (Å²) >= 11 is 0. The number of benzene rings is 1. The Balaban J connectivity index is 1.73. The Labute approximate surface area is 175 Å². The van der Waals surface area contributed by atoms with Crippen LogP contribution in [-0.4, -0.2) is 58.1 Å². The number of carboxylic acids is 1. The number of hydrogen-bond acceptors (Lipinski definition) is 7. The average molecular weight is 413 g/mol. The lowest BCUT2D eigenvalue weighted by molar-refractivity contribution is -0.384. The first-order valence-electron chi connectivity index (χ1n) is 10.1. The Bertz CT molecular complexity index is 859. The number of aromatic nitrogens is 1. The molecule has 0 saturated carbocycles. The van der Waals surface area contributed by atoms with Crippen LogP contribution in [0.25, 0.3) is 0 Å². The summed E-state index contributed by atoms with van der Waals surface area (Å²) in [6.45, 7) is 4.01. The number of nitrogens with zero attached hydrogens (tertiary/aromatic N) is 3. The number of non-ortho nitro benzene ring substituents is 1. The number of aliphatic carboxylic acids is 1. The predicted molar refractivity (Wildman–Crippen MR) is 112 cm³/mol. The van der Waals surface area contributed by atoms with Gasteiger partial charge in [0.25, 0.3) is 5.69 Å². The van der Waals surface area contributed by atoms with Gasteiger partial charge in [-0.3, -0.25) is 24.8 Å². The van der Waals surface area contributed by atoms with Crippen molar-refractivity contribution in [2.45, 2.75) is 32.0 Å². The molecule has 0 amide bonds. The lowest BCUT2D eigenvalue weighted by Gasteiger charge is -2.29. The molecular weight excluding hydrogens is 386 g/mol. The molecule has 1 aliphatic heterocycles. The van der Waals surface area contributed by atoms with Gasteiger partial charge < -0.3 is 15.7 Å². The van der Waals surface area contributed by atoms with Crippen molar-refractivity contribution in [3.05, 3.63) is 69.5 Å². The van der Waals surface area contributed by atoms with Gasteiger partial charge in [-0.25, -0.2) is 0 Å². The van der Waals surface area contributed by atoms with Crippen molar-refractivity contribution in [3.8, 4) is 0 Å². The molecule has 1 aromatic heterocycles. The molecule has 9 nitrogen and oxygen atoms in total. The largest absolute Gasteiger partial charge is 0.480 e. The first-order chi connectivity index (χ1) is 14.5. The van der Waals surface area contributed by atoms with Gasteiger partial charge in [-0.2, -0.15) is 0 Å². The molecule has 1 unspecified atom stereocenters. The van der Waals surface area contributed by atoms with Gasteiger partial charge in [-0.1, -0.05) is 18.2 Å². The van der Waals surface area contributed by atoms with Crippen molar-refractivity contribution in [3.63, 3.8) is 0 Å². The molecule has 1 aliphatic rings. The first kappa shape index (κ1) is 21.8. The fourth-order valence-corrected chi connectivity index (χ4v) is 3.56. The van der Waals surface area contributed by atoms with E-state index >= 15 is 0 Å². The number of aryl methyl sites for hydroxylation is 1. The molecule has 9 heteroatoms. The third-order valence-electron chi connectivity index (χ3n) is 5.17. The number of nitrogens with one attached hydrogen (secondary N) is 2. The van der Waals surface area contributed by atoms with E-state index < -0.39 is 16.9 Å². The van der Waals surface area contributed by atoms with E-state index in [1.165, 1.54) is 12.1 Å². The number of carboxylic acid groups (broad SMARTS) is 1. The van der Waals surface area contributed by atoms with Crippen LogP contribution in [0.5, 0.6) is 0 Å². The van der Waals surface area contributed by atoms with E-state index in [-0.39, 0.29) is 5.69 Å². The first-order valence-corrected chi connectivity index (χ1v) is 10.1. The molecule has 0 spiro atoms. The highest BCUT2D eigenvalue weighted by molar-refractivity contribution is 5.73. The second-order valence-corrected chi connectivity index (χ2v) is 7.33. The van der Waals surface area contributed by atoms with Gasteiger partial charge in [0.2, 0.25) is 0 Å². The zero-order valence-electron chi connectivity index (χ0n) is 16.8. The Hall–Kier alpha value is -2.88. The van der Waals surface area contributed by atoms with Crippen LogP contribution in [0.15, 0.2) is 42.5 Å². The van der Waals surface area contributed by atoms with Crippen LogP contribution in [0.2, 0.25) is 0 Å². The highest BCUT2D eigenvalue weighted by atomic mass is 16.6.